The monoisotopic (exact) mass is 394 g/mol. The van der Waals surface area contributed by atoms with Crippen molar-refractivity contribution in [1.82, 2.24) is 10.6 Å². The predicted octanol–water partition coefficient (Wildman–Crippen LogP) is 2.04. The third kappa shape index (κ3) is 7.95. The lowest BCUT2D eigenvalue weighted by Crippen LogP contribution is -2.35. The summed E-state index contributed by atoms with van der Waals surface area (Å²) in [5, 5.41) is 26.7. The molecule has 2 rings (SSSR count). The van der Waals surface area contributed by atoms with Crippen molar-refractivity contribution in [2.24, 2.45) is 0 Å². The van der Waals surface area contributed by atoms with E-state index in [4.69, 9.17) is 9.47 Å². The molecule has 1 aromatic carbocycles. The van der Waals surface area contributed by atoms with Crippen LogP contribution in [0.5, 0.6) is 11.5 Å². The van der Waals surface area contributed by atoms with E-state index in [1.807, 2.05) is 39.8 Å². The highest BCUT2D eigenvalue weighted by molar-refractivity contribution is 5.48. The van der Waals surface area contributed by atoms with Gasteiger partial charge in [0.25, 0.3) is 0 Å². The number of fused-ring (bicyclic) bond motifs is 1. The maximum absolute atomic E-state index is 10.2. The number of hydrogen-bond acceptors (Lipinski definition) is 6. The van der Waals surface area contributed by atoms with Crippen LogP contribution in [0.3, 0.4) is 0 Å². The smallest absolute Gasteiger partial charge is 0.161 e. The Labute approximate surface area is 169 Å². The van der Waals surface area contributed by atoms with E-state index in [0.29, 0.717) is 36.7 Å². The molecule has 0 saturated carbocycles. The van der Waals surface area contributed by atoms with Crippen LogP contribution in [0, 0.1) is 0 Å². The zero-order valence-electron chi connectivity index (χ0n) is 17.8. The molecule has 4 N–H and O–H groups in total. The van der Waals surface area contributed by atoms with Crippen molar-refractivity contribution < 1.29 is 19.7 Å². The number of aliphatic hydroxyl groups excluding tert-OH is 2. The molecule has 2 atom stereocenters. The molecular formula is C22H38N2O4. The van der Waals surface area contributed by atoms with Gasteiger partial charge in [-0.2, -0.15) is 0 Å². The maximum Gasteiger partial charge on any atom is 0.161 e. The Bertz CT molecular complexity index is 541. The number of hydrogen-bond donors (Lipinski definition) is 4. The minimum absolute atomic E-state index is 0.201. The van der Waals surface area contributed by atoms with Crippen LogP contribution in [0.25, 0.3) is 0 Å². The van der Waals surface area contributed by atoms with Gasteiger partial charge in [-0.15, -0.1) is 0 Å². The van der Waals surface area contributed by atoms with E-state index >= 15 is 0 Å². The molecule has 1 aliphatic rings. The van der Waals surface area contributed by atoms with Gasteiger partial charge in [-0.05, 0) is 48.9 Å². The normalized spacial score (nSPS) is 16.1. The van der Waals surface area contributed by atoms with E-state index < -0.39 is 12.2 Å². The highest BCUT2D eigenvalue weighted by Gasteiger charge is 2.17. The van der Waals surface area contributed by atoms with Gasteiger partial charge in [-0.1, -0.05) is 27.7 Å². The summed E-state index contributed by atoms with van der Waals surface area (Å²) in [5.74, 6) is 1.29. The molecule has 160 valence electrons. The number of aliphatic hydroxyl groups is 2. The van der Waals surface area contributed by atoms with Crippen molar-refractivity contribution in [1.29, 1.82) is 0 Å². The van der Waals surface area contributed by atoms with Crippen LogP contribution in [0.4, 0.5) is 0 Å². The Morgan fingerprint density at radius 2 is 1.18 bits per heavy atom. The van der Waals surface area contributed by atoms with Crippen LogP contribution in [-0.2, 0) is 12.8 Å². The fraction of sp³-hybridized carbons (Fsp3) is 0.727. The topological polar surface area (TPSA) is 83.0 Å². The van der Waals surface area contributed by atoms with Crippen LogP contribution in [0.15, 0.2) is 12.1 Å². The molecule has 0 saturated heterocycles. The number of benzene rings is 1. The molecule has 0 bridgehead atoms. The molecule has 0 radical (unpaired) electrons. The molecule has 0 aliphatic heterocycles. The SMILES string of the molecule is CC(C)NCC(O)COc1cc2c(cc1OCC(O)CNC(C)C)CCCC2. The first-order chi connectivity index (χ1) is 13.3. The van der Waals surface area contributed by atoms with E-state index in [-0.39, 0.29) is 13.2 Å². The molecule has 0 amide bonds. The molecule has 0 aromatic heterocycles. The van der Waals surface area contributed by atoms with Crippen molar-refractivity contribution in [3.8, 4) is 11.5 Å². The Morgan fingerprint density at radius 1 is 0.786 bits per heavy atom. The van der Waals surface area contributed by atoms with Crippen molar-refractivity contribution in [2.75, 3.05) is 26.3 Å². The quantitative estimate of drug-likeness (QED) is 0.434. The van der Waals surface area contributed by atoms with Gasteiger partial charge in [0.1, 0.15) is 25.4 Å². The number of nitrogens with one attached hydrogen (secondary N) is 2. The molecule has 6 nitrogen and oxygen atoms in total. The summed E-state index contributed by atoms with van der Waals surface area (Å²) < 4.78 is 11.8. The lowest BCUT2D eigenvalue weighted by Gasteiger charge is -2.22. The summed E-state index contributed by atoms with van der Waals surface area (Å²) in [6, 6.07) is 4.73. The molecular weight excluding hydrogens is 356 g/mol. The van der Waals surface area contributed by atoms with Gasteiger partial charge >= 0.3 is 0 Å². The lowest BCUT2D eigenvalue weighted by molar-refractivity contribution is 0.0908. The molecule has 28 heavy (non-hydrogen) atoms. The first kappa shape index (κ1) is 22.9. The van der Waals surface area contributed by atoms with Gasteiger partial charge in [0.15, 0.2) is 11.5 Å². The standard InChI is InChI=1S/C22H38N2O4/c1-15(2)23-11-19(25)13-27-21-9-17-7-5-6-8-18(17)10-22(21)28-14-20(26)12-24-16(3)4/h9-10,15-16,19-20,23-26H,5-8,11-14H2,1-4H3. The third-order valence-electron chi connectivity index (χ3n) is 4.79. The second-order valence-corrected chi connectivity index (χ2v) is 8.33. The zero-order chi connectivity index (χ0) is 20.5. The van der Waals surface area contributed by atoms with Crippen molar-refractivity contribution in [2.45, 2.75) is 77.7 Å². The molecule has 2 unspecified atom stereocenters. The fourth-order valence-electron chi connectivity index (χ4n) is 3.20. The Morgan fingerprint density at radius 3 is 1.54 bits per heavy atom. The molecule has 0 spiro atoms. The Kier molecular flexibility index (Phi) is 9.51. The second kappa shape index (κ2) is 11.6. The minimum atomic E-state index is -0.591. The van der Waals surface area contributed by atoms with Gasteiger partial charge < -0.3 is 30.3 Å². The van der Waals surface area contributed by atoms with Crippen molar-refractivity contribution in [3.63, 3.8) is 0 Å². The number of ether oxygens (including phenoxy) is 2. The molecule has 0 fully saturated rings. The summed E-state index contributed by atoms with van der Waals surface area (Å²) in [6.07, 6.45) is 3.29. The summed E-state index contributed by atoms with van der Waals surface area (Å²) in [7, 11) is 0. The highest BCUT2D eigenvalue weighted by Crippen LogP contribution is 2.34. The number of rotatable bonds is 12. The molecule has 1 aromatic rings. The van der Waals surface area contributed by atoms with Crippen molar-refractivity contribution in [3.05, 3.63) is 23.3 Å². The maximum atomic E-state index is 10.2. The average molecular weight is 395 g/mol. The third-order valence-corrected chi connectivity index (χ3v) is 4.79. The minimum Gasteiger partial charge on any atom is -0.487 e. The molecule has 6 heteroatoms. The largest absolute Gasteiger partial charge is 0.487 e. The van der Waals surface area contributed by atoms with E-state index in [1.54, 1.807) is 0 Å². The first-order valence-electron chi connectivity index (χ1n) is 10.6. The summed E-state index contributed by atoms with van der Waals surface area (Å²) in [6.45, 7) is 9.55. The van der Waals surface area contributed by atoms with Crippen molar-refractivity contribution >= 4 is 0 Å². The summed E-state index contributed by atoms with van der Waals surface area (Å²) in [5.41, 5.74) is 2.59. The van der Waals surface area contributed by atoms with Gasteiger partial charge in [-0.25, -0.2) is 0 Å². The van der Waals surface area contributed by atoms with E-state index in [9.17, 15) is 10.2 Å². The van der Waals surface area contributed by atoms with Crippen LogP contribution in [-0.4, -0.2) is 60.8 Å². The lowest BCUT2D eigenvalue weighted by atomic mass is 9.91. The van der Waals surface area contributed by atoms with Gasteiger partial charge in [0.05, 0.1) is 0 Å². The van der Waals surface area contributed by atoms with Gasteiger partial charge in [0.2, 0.25) is 0 Å². The van der Waals surface area contributed by atoms with Crippen LogP contribution < -0.4 is 20.1 Å². The fourth-order valence-corrected chi connectivity index (χ4v) is 3.20. The molecule has 1 aliphatic carbocycles. The zero-order valence-corrected chi connectivity index (χ0v) is 17.8. The van der Waals surface area contributed by atoms with Gasteiger partial charge in [-0.3, -0.25) is 0 Å². The Hall–Kier alpha value is -1.34. The predicted molar refractivity (Wildman–Crippen MR) is 112 cm³/mol. The van der Waals surface area contributed by atoms with Crippen LogP contribution in [0.1, 0.15) is 51.7 Å². The highest BCUT2D eigenvalue weighted by atomic mass is 16.5. The van der Waals surface area contributed by atoms with Crippen LogP contribution in [0.2, 0.25) is 0 Å². The van der Waals surface area contributed by atoms with Gasteiger partial charge in [0, 0.05) is 25.2 Å². The number of aryl methyl sites for hydroxylation is 2. The summed E-state index contributed by atoms with van der Waals surface area (Å²) in [4.78, 5) is 0. The van der Waals surface area contributed by atoms with E-state index in [2.05, 4.69) is 10.6 Å². The second-order valence-electron chi connectivity index (χ2n) is 8.33. The van der Waals surface area contributed by atoms with E-state index in [0.717, 1.165) is 12.8 Å². The average Bonchev–Trinajstić information content (AvgIpc) is 2.67. The molecule has 0 heterocycles. The van der Waals surface area contributed by atoms with Crippen LogP contribution >= 0.6 is 0 Å². The summed E-state index contributed by atoms with van der Waals surface area (Å²) >= 11 is 0. The Balaban J connectivity index is 2.00. The van der Waals surface area contributed by atoms with E-state index in [1.165, 1.54) is 24.0 Å². The first-order valence-corrected chi connectivity index (χ1v) is 10.6.